The van der Waals surface area contributed by atoms with Crippen LogP contribution in [0, 0.1) is 0 Å². The highest BCUT2D eigenvalue weighted by atomic mass is 79.9. The molecule has 0 unspecified atom stereocenters. The number of nitrogens with zero attached hydrogens (tertiary/aromatic N) is 2. The highest BCUT2D eigenvalue weighted by Crippen LogP contribution is 2.29. The molecule has 1 fully saturated rings. The van der Waals surface area contributed by atoms with E-state index in [1.165, 1.54) is 5.01 Å². The predicted molar refractivity (Wildman–Crippen MR) is 84.1 cm³/mol. The number of halogens is 1. The first-order valence-corrected chi connectivity index (χ1v) is 8.35. The number of amides is 1. The first-order chi connectivity index (χ1) is 9.74. The van der Waals surface area contributed by atoms with E-state index in [1.54, 1.807) is 11.3 Å². The van der Waals surface area contributed by atoms with E-state index >= 15 is 0 Å². The topological polar surface area (TPSA) is 33.2 Å². The summed E-state index contributed by atoms with van der Waals surface area (Å²) in [7, 11) is 0. The molecule has 0 N–H and O–H groups in total. The van der Waals surface area contributed by atoms with Gasteiger partial charge in [-0.1, -0.05) is 22.0 Å². The van der Waals surface area contributed by atoms with Crippen molar-refractivity contribution in [1.29, 1.82) is 0 Å². The summed E-state index contributed by atoms with van der Waals surface area (Å²) in [6.07, 6.45) is 3.87. The minimum atomic E-state index is 0.129. The van der Waals surface area contributed by atoms with Crippen molar-refractivity contribution in [2.45, 2.75) is 18.8 Å². The molecule has 20 heavy (non-hydrogen) atoms. The van der Waals surface area contributed by atoms with Crippen molar-refractivity contribution in [2.75, 3.05) is 13.1 Å². The molecule has 1 aliphatic heterocycles. The predicted octanol–water partition coefficient (Wildman–Crippen LogP) is 3.93. The van der Waals surface area contributed by atoms with Crippen molar-refractivity contribution in [2.24, 2.45) is 0 Å². The Bertz CT molecular complexity index is 592. The zero-order valence-electron chi connectivity index (χ0n) is 11.0. The van der Waals surface area contributed by atoms with Gasteiger partial charge >= 0.3 is 0 Å². The third-order valence-corrected chi connectivity index (χ3v) is 5.09. The van der Waals surface area contributed by atoms with E-state index in [0.717, 1.165) is 36.0 Å². The minimum Gasteiger partial charge on any atom is -0.339 e. The lowest BCUT2D eigenvalue weighted by atomic mass is 9.97. The Labute approximate surface area is 130 Å². The number of rotatable bonds is 2. The highest BCUT2D eigenvalue weighted by molar-refractivity contribution is 9.10. The van der Waals surface area contributed by atoms with Crippen LogP contribution in [0.5, 0.6) is 0 Å². The minimum absolute atomic E-state index is 0.129. The fourth-order valence-corrected chi connectivity index (χ4v) is 3.78. The molecule has 1 aromatic carbocycles. The second-order valence-electron chi connectivity index (χ2n) is 4.95. The number of carbonyl (C=O) groups excluding carboxylic acids is 1. The van der Waals surface area contributed by atoms with Gasteiger partial charge in [-0.25, -0.2) is 4.98 Å². The normalized spacial score (nSPS) is 16.4. The summed E-state index contributed by atoms with van der Waals surface area (Å²) >= 11 is 5.13. The summed E-state index contributed by atoms with van der Waals surface area (Å²) < 4.78 is 0.945. The molecule has 1 aromatic heterocycles. The van der Waals surface area contributed by atoms with Crippen molar-refractivity contribution < 1.29 is 4.79 Å². The summed E-state index contributed by atoms with van der Waals surface area (Å²) in [5.41, 5.74) is 0.757. The van der Waals surface area contributed by atoms with Gasteiger partial charge in [-0.15, -0.1) is 11.3 Å². The van der Waals surface area contributed by atoms with Gasteiger partial charge < -0.3 is 4.90 Å². The van der Waals surface area contributed by atoms with Crippen LogP contribution in [0.4, 0.5) is 0 Å². The van der Waals surface area contributed by atoms with Crippen LogP contribution < -0.4 is 0 Å². The van der Waals surface area contributed by atoms with Crippen LogP contribution in [0.3, 0.4) is 0 Å². The van der Waals surface area contributed by atoms with Gasteiger partial charge in [0.2, 0.25) is 0 Å². The molecule has 104 valence electrons. The number of aromatic nitrogens is 1. The zero-order chi connectivity index (χ0) is 13.9. The molecule has 0 radical (unpaired) electrons. The molecular weight excluding hydrogens is 336 g/mol. The number of piperidine rings is 1. The van der Waals surface area contributed by atoms with Crippen LogP contribution in [-0.2, 0) is 0 Å². The molecule has 0 bridgehead atoms. The van der Waals surface area contributed by atoms with Crippen LogP contribution in [0.2, 0.25) is 0 Å². The van der Waals surface area contributed by atoms with Crippen LogP contribution in [0.25, 0.3) is 0 Å². The standard InChI is InChI=1S/C15H15BrN2OS/c16-13-3-1-2-12(10-13)15(19)18-7-4-11(5-8-18)14-17-6-9-20-14/h1-3,6,9-11H,4-5,7-8H2. The SMILES string of the molecule is O=C(c1cccc(Br)c1)N1CCC(c2nccs2)CC1. The Morgan fingerprint density at radius 1 is 1.35 bits per heavy atom. The van der Waals surface area contributed by atoms with E-state index in [1.807, 2.05) is 40.7 Å². The summed E-state index contributed by atoms with van der Waals surface area (Å²) in [6, 6.07) is 7.60. The van der Waals surface area contributed by atoms with Gasteiger partial charge in [-0.3, -0.25) is 4.79 Å². The molecule has 5 heteroatoms. The van der Waals surface area contributed by atoms with Gasteiger partial charge in [0.05, 0.1) is 5.01 Å². The smallest absolute Gasteiger partial charge is 0.253 e. The second-order valence-corrected chi connectivity index (χ2v) is 6.79. The molecule has 2 heterocycles. The maximum Gasteiger partial charge on any atom is 0.253 e. The molecule has 3 rings (SSSR count). The molecule has 2 aromatic rings. The number of likely N-dealkylation sites (tertiary alicyclic amines) is 1. The quantitative estimate of drug-likeness (QED) is 0.822. The number of benzene rings is 1. The summed E-state index contributed by atoms with van der Waals surface area (Å²) in [4.78, 5) is 18.8. The van der Waals surface area contributed by atoms with Crippen molar-refractivity contribution in [3.05, 3.63) is 50.9 Å². The van der Waals surface area contributed by atoms with Gasteiger partial charge in [-0.05, 0) is 31.0 Å². The Hall–Kier alpha value is -1.20. The molecule has 0 atom stereocenters. The molecule has 3 nitrogen and oxygen atoms in total. The maximum atomic E-state index is 12.4. The monoisotopic (exact) mass is 350 g/mol. The molecule has 0 aliphatic carbocycles. The van der Waals surface area contributed by atoms with Gasteiger partial charge in [0.15, 0.2) is 0 Å². The maximum absolute atomic E-state index is 12.4. The average Bonchev–Trinajstić information content (AvgIpc) is 3.01. The average molecular weight is 351 g/mol. The van der Waals surface area contributed by atoms with Crippen molar-refractivity contribution in [3.8, 4) is 0 Å². The summed E-state index contributed by atoms with van der Waals surface area (Å²) in [6.45, 7) is 1.63. The van der Waals surface area contributed by atoms with Crippen molar-refractivity contribution in [3.63, 3.8) is 0 Å². The largest absolute Gasteiger partial charge is 0.339 e. The molecule has 0 saturated carbocycles. The number of hydrogen-bond donors (Lipinski definition) is 0. The Kier molecular flexibility index (Phi) is 4.17. The van der Waals surface area contributed by atoms with Crippen LogP contribution in [0.15, 0.2) is 40.3 Å². The van der Waals surface area contributed by atoms with E-state index in [9.17, 15) is 4.79 Å². The van der Waals surface area contributed by atoms with Gasteiger partial charge in [-0.2, -0.15) is 0 Å². The first-order valence-electron chi connectivity index (χ1n) is 6.68. The molecular formula is C15H15BrN2OS. The van der Waals surface area contributed by atoms with E-state index in [0.29, 0.717) is 5.92 Å². The fraction of sp³-hybridized carbons (Fsp3) is 0.333. The molecule has 1 amide bonds. The van der Waals surface area contributed by atoms with Gasteiger partial charge in [0.1, 0.15) is 0 Å². The van der Waals surface area contributed by atoms with E-state index in [2.05, 4.69) is 20.9 Å². The second kappa shape index (κ2) is 6.06. The van der Waals surface area contributed by atoms with Gasteiger partial charge in [0.25, 0.3) is 5.91 Å². The van der Waals surface area contributed by atoms with E-state index in [-0.39, 0.29) is 5.91 Å². The Balaban J connectivity index is 1.65. The fourth-order valence-electron chi connectivity index (χ4n) is 2.57. The highest BCUT2D eigenvalue weighted by Gasteiger charge is 2.25. The third kappa shape index (κ3) is 2.94. The molecule has 0 spiro atoms. The van der Waals surface area contributed by atoms with Crippen molar-refractivity contribution >= 4 is 33.2 Å². The Morgan fingerprint density at radius 2 is 2.15 bits per heavy atom. The Morgan fingerprint density at radius 3 is 2.80 bits per heavy atom. The molecule has 1 saturated heterocycles. The first kappa shape index (κ1) is 13.8. The number of hydrogen-bond acceptors (Lipinski definition) is 3. The lowest BCUT2D eigenvalue weighted by molar-refractivity contribution is 0.0713. The molecule has 1 aliphatic rings. The van der Waals surface area contributed by atoms with Crippen LogP contribution in [-0.4, -0.2) is 28.9 Å². The summed E-state index contributed by atoms with van der Waals surface area (Å²) in [5, 5.41) is 3.23. The van der Waals surface area contributed by atoms with E-state index < -0.39 is 0 Å². The van der Waals surface area contributed by atoms with Crippen LogP contribution in [0.1, 0.15) is 34.1 Å². The lowest BCUT2D eigenvalue weighted by Gasteiger charge is -2.31. The number of thiazole rings is 1. The third-order valence-electron chi connectivity index (χ3n) is 3.65. The van der Waals surface area contributed by atoms with Crippen molar-refractivity contribution in [1.82, 2.24) is 9.88 Å². The summed E-state index contributed by atoms with van der Waals surface area (Å²) in [5.74, 6) is 0.644. The van der Waals surface area contributed by atoms with E-state index in [4.69, 9.17) is 0 Å². The lowest BCUT2D eigenvalue weighted by Crippen LogP contribution is -2.37. The number of carbonyl (C=O) groups is 1. The zero-order valence-corrected chi connectivity index (χ0v) is 13.4. The van der Waals surface area contributed by atoms with Gasteiger partial charge in [0, 0.05) is 40.6 Å². The van der Waals surface area contributed by atoms with Crippen LogP contribution >= 0.6 is 27.3 Å².